The molecule has 0 spiro atoms. The van der Waals surface area contributed by atoms with Crippen molar-refractivity contribution >= 4 is 0 Å². The minimum absolute atomic E-state index is 0.691. The highest BCUT2D eigenvalue weighted by Crippen LogP contribution is 2.13. The van der Waals surface area contributed by atoms with Crippen molar-refractivity contribution in [3.63, 3.8) is 0 Å². The van der Waals surface area contributed by atoms with Gasteiger partial charge < -0.3 is 10.2 Å². The van der Waals surface area contributed by atoms with Crippen LogP contribution < -0.4 is 5.32 Å². The molecule has 2 nitrogen and oxygen atoms in total. The van der Waals surface area contributed by atoms with Crippen LogP contribution in [0.15, 0.2) is 0 Å². The highest BCUT2D eigenvalue weighted by atomic mass is 15.1. The lowest BCUT2D eigenvalue weighted by molar-refractivity contribution is 0.379. The van der Waals surface area contributed by atoms with E-state index in [9.17, 15) is 0 Å². The standard InChI is InChI=1S/C10H22N2/c1-4-9(2)11-7-10-5-6-12(3)8-10/h9-11H,4-8H2,1-3H3. The van der Waals surface area contributed by atoms with Crippen LogP contribution in [0.4, 0.5) is 0 Å². The van der Waals surface area contributed by atoms with E-state index in [0.29, 0.717) is 6.04 Å². The molecule has 0 radical (unpaired) electrons. The summed E-state index contributed by atoms with van der Waals surface area (Å²) in [4.78, 5) is 2.42. The van der Waals surface area contributed by atoms with Crippen LogP contribution in [0.1, 0.15) is 26.7 Å². The van der Waals surface area contributed by atoms with Gasteiger partial charge in [-0.2, -0.15) is 0 Å². The molecule has 1 saturated heterocycles. The molecule has 2 atom stereocenters. The summed E-state index contributed by atoms with van der Waals surface area (Å²) in [5.41, 5.74) is 0. The zero-order valence-electron chi connectivity index (χ0n) is 8.64. The number of hydrogen-bond acceptors (Lipinski definition) is 2. The molecule has 1 aliphatic rings. The van der Waals surface area contributed by atoms with Crippen LogP contribution in [0.2, 0.25) is 0 Å². The van der Waals surface area contributed by atoms with E-state index in [0.717, 1.165) is 5.92 Å². The van der Waals surface area contributed by atoms with E-state index in [-0.39, 0.29) is 0 Å². The van der Waals surface area contributed by atoms with Crippen molar-refractivity contribution in [3.05, 3.63) is 0 Å². The number of rotatable bonds is 4. The molecule has 0 amide bonds. The van der Waals surface area contributed by atoms with Crippen LogP contribution in [-0.4, -0.2) is 37.6 Å². The fraction of sp³-hybridized carbons (Fsp3) is 1.00. The lowest BCUT2D eigenvalue weighted by atomic mass is 10.1. The molecule has 0 saturated carbocycles. The van der Waals surface area contributed by atoms with E-state index < -0.39 is 0 Å². The summed E-state index contributed by atoms with van der Waals surface area (Å²) in [7, 11) is 2.21. The molecule has 1 rings (SSSR count). The van der Waals surface area contributed by atoms with Gasteiger partial charge in [-0.25, -0.2) is 0 Å². The minimum Gasteiger partial charge on any atom is -0.314 e. The smallest absolute Gasteiger partial charge is 0.00362 e. The highest BCUT2D eigenvalue weighted by molar-refractivity contribution is 4.75. The van der Waals surface area contributed by atoms with Gasteiger partial charge in [-0.1, -0.05) is 6.92 Å². The summed E-state index contributed by atoms with van der Waals surface area (Å²) >= 11 is 0. The summed E-state index contributed by atoms with van der Waals surface area (Å²) in [6.45, 7) is 8.27. The topological polar surface area (TPSA) is 15.3 Å². The molecule has 72 valence electrons. The Hall–Kier alpha value is -0.0800. The van der Waals surface area contributed by atoms with Crippen LogP contribution in [0.25, 0.3) is 0 Å². The Morgan fingerprint density at radius 1 is 1.58 bits per heavy atom. The average Bonchev–Trinajstić information content (AvgIpc) is 2.47. The summed E-state index contributed by atoms with van der Waals surface area (Å²) in [5.74, 6) is 0.893. The fourth-order valence-electron chi connectivity index (χ4n) is 1.71. The maximum absolute atomic E-state index is 3.57. The molecule has 2 unspecified atom stereocenters. The maximum Gasteiger partial charge on any atom is 0.00362 e. The van der Waals surface area contributed by atoms with Gasteiger partial charge in [0.25, 0.3) is 0 Å². The van der Waals surface area contributed by atoms with E-state index in [1.807, 2.05) is 0 Å². The predicted molar refractivity (Wildman–Crippen MR) is 53.4 cm³/mol. The molecule has 1 N–H and O–H groups in total. The third kappa shape index (κ3) is 3.11. The quantitative estimate of drug-likeness (QED) is 0.684. The monoisotopic (exact) mass is 170 g/mol. The Balaban J connectivity index is 2.07. The van der Waals surface area contributed by atoms with E-state index in [1.165, 1.54) is 32.5 Å². The molecule has 1 fully saturated rings. The zero-order chi connectivity index (χ0) is 8.97. The van der Waals surface area contributed by atoms with Crippen LogP contribution >= 0.6 is 0 Å². The van der Waals surface area contributed by atoms with E-state index in [4.69, 9.17) is 0 Å². The predicted octanol–water partition coefficient (Wildman–Crippen LogP) is 1.33. The second-order valence-electron chi connectivity index (χ2n) is 4.13. The van der Waals surface area contributed by atoms with E-state index in [1.54, 1.807) is 0 Å². The first-order chi connectivity index (χ1) is 5.72. The SMILES string of the molecule is CCC(C)NCC1CCN(C)C1. The van der Waals surface area contributed by atoms with Crippen molar-refractivity contribution in [1.82, 2.24) is 10.2 Å². The molecule has 0 bridgehead atoms. The van der Waals surface area contributed by atoms with E-state index in [2.05, 4.69) is 31.1 Å². The first kappa shape index (κ1) is 10.0. The molecule has 0 aliphatic carbocycles. The van der Waals surface area contributed by atoms with Crippen LogP contribution in [0.3, 0.4) is 0 Å². The van der Waals surface area contributed by atoms with Gasteiger partial charge in [-0.15, -0.1) is 0 Å². The van der Waals surface area contributed by atoms with Gasteiger partial charge in [0.2, 0.25) is 0 Å². The molecule has 2 heteroatoms. The molecular formula is C10H22N2. The normalized spacial score (nSPS) is 27.8. The van der Waals surface area contributed by atoms with E-state index >= 15 is 0 Å². The minimum atomic E-state index is 0.691. The molecular weight excluding hydrogens is 148 g/mol. The van der Waals surface area contributed by atoms with Crippen molar-refractivity contribution in [2.45, 2.75) is 32.7 Å². The second kappa shape index (κ2) is 4.83. The number of likely N-dealkylation sites (tertiary alicyclic amines) is 1. The number of nitrogens with one attached hydrogen (secondary N) is 1. The zero-order valence-corrected chi connectivity index (χ0v) is 8.64. The molecule has 12 heavy (non-hydrogen) atoms. The molecule has 1 aliphatic heterocycles. The van der Waals surface area contributed by atoms with Gasteiger partial charge in [0.05, 0.1) is 0 Å². The third-order valence-corrected chi connectivity index (χ3v) is 2.86. The molecule has 0 aromatic carbocycles. The first-order valence-electron chi connectivity index (χ1n) is 5.14. The van der Waals surface area contributed by atoms with Gasteiger partial charge in [0.1, 0.15) is 0 Å². The van der Waals surface area contributed by atoms with Crippen LogP contribution in [0, 0.1) is 5.92 Å². The Morgan fingerprint density at radius 3 is 2.83 bits per heavy atom. The summed E-state index contributed by atoms with van der Waals surface area (Å²) in [5, 5.41) is 3.57. The molecule has 0 aromatic rings. The number of hydrogen-bond donors (Lipinski definition) is 1. The Labute approximate surface area is 76.3 Å². The second-order valence-corrected chi connectivity index (χ2v) is 4.13. The third-order valence-electron chi connectivity index (χ3n) is 2.86. The van der Waals surface area contributed by atoms with Crippen molar-refractivity contribution in [1.29, 1.82) is 0 Å². The van der Waals surface area contributed by atoms with Gasteiger partial charge in [-0.05, 0) is 45.8 Å². The lowest BCUT2D eigenvalue weighted by Crippen LogP contribution is -2.31. The molecule has 1 heterocycles. The van der Waals surface area contributed by atoms with Crippen LogP contribution in [-0.2, 0) is 0 Å². The van der Waals surface area contributed by atoms with Gasteiger partial charge >= 0.3 is 0 Å². The Bertz CT molecular complexity index is 125. The summed E-state index contributed by atoms with van der Waals surface area (Å²) in [6.07, 6.45) is 2.61. The van der Waals surface area contributed by atoms with Crippen molar-refractivity contribution in [3.8, 4) is 0 Å². The first-order valence-corrected chi connectivity index (χ1v) is 5.14. The van der Waals surface area contributed by atoms with Gasteiger partial charge in [-0.3, -0.25) is 0 Å². The van der Waals surface area contributed by atoms with Crippen molar-refractivity contribution in [2.24, 2.45) is 5.92 Å². The Kier molecular flexibility index (Phi) is 4.02. The summed E-state index contributed by atoms with van der Waals surface area (Å²) in [6, 6.07) is 0.691. The maximum atomic E-state index is 3.57. The molecule has 0 aromatic heterocycles. The highest BCUT2D eigenvalue weighted by Gasteiger charge is 2.18. The number of nitrogens with zero attached hydrogens (tertiary/aromatic N) is 1. The van der Waals surface area contributed by atoms with Gasteiger partial charge in [0.15, 0.2) is 0 Å². The van der Waals surface area contributed by atoms with Gasteiger partial charge in [0, 0.05) is 12.6 Å². The Morgan fingerprint density at radius 2 is 2.33 bits per heavy atom. The van der Waals surface area contributed by atoms with Crippen molar-refractivity contribution < 1.29 is 0 Å². The fourth-order valence-corrected chi connectivity index (χ4v) is 1.71. The summed E-state index contributed by atoms with van der Waals surface area (Å²) < 4.78 is 0. The van der Waals surface area contributed by atoms with Crippen molar-refractivity contribution in [2.75, 3.05) is 26.7 Å². The average molecular weight is 170 g/mol. The van der Waals surface area contributed by atoms with Crippen LogP contribution in [0.5, 0.6) is 0 Å². The lowest BCUT2D eigenvalue weighted by Gasteiger charge is -2.15. The largest absolute Gasteiger partial charge is 0.314 e.